The van der Waals surface area contributed by atoms with Crippen LogP contribution in [0, 0.1) is 0 Å². The van der Waals surface area contributed by atoms with Crippen molar-refractivity contribution >= 4 is 5.91 Å². The molecule has 0 aliphatic carbocycles. The molecular formula is C22H19F2NO2. The van der Waals surface area contributed by atoms with Gasteiger partial charge in [0.05, 0.1) is 5.92 Å². The SMILES string of the molecule is O=C(NCc1ccc(OC(F)F)cc1)C(c1ccccc1)c1ccccc1. The Morgan fingerprint density at radius 1 is 0.815 bits per heavy atom. The van der Waals surface area contributed by atoms with Crippen molar-refractivity contribution in [2.75, 3.05) is 0 Å². The molecular weight excluding hydrogens is 348 g/mol. The van der Waals surface area contributed by atoms with Gasteiger partial charge in [0.25, 0.3) is 0 Å². The van der Waals surface area contributed by atoms with Crippen LogP contribution in [-0.2, 0) is 11.3 Å². The highest BCUT2D eigenvalue weighted by atomic mass is 19.3. The predicted molar refractivity (Wildman–Crippen MR) is 99.6 cm³/mol. The number of hydrogen-bond donors (Lipinski definition) is 1. The van der Waals surface area contributed by atoms with E-state index in [1.165, 1.54) is 12.1 Å². The van der Waals surface area contributed by atoms with Gasteiger partial charge in [0.1, 0.15) is 5.75 Å². The fourth-order valence-electron chi connectivity index (χ4n) is 2.87. The number of hydrogen-bond acceptors (Lipinski definition) is 2. The van der Waals surface area contributed by atoms with Crippen molar-refractivity contribution in [1.29, 1.82) is 0 Å². The average molecular weight is 367 g/mol. The molecule has 0 radical (unpaired) electrons. The van der Waals surface area contributed by atoms with E-state index in [0.717, 1.165) is 16.7 Å². The Balaban J connectivity index is 1.72. The third-order valence-corrected chi connectivity index (χ3v) is 4.14. The molecule has 0 atom stereocenters. The molecule has 0 saturated carbocycles. The molecule has 0 heterocycles. The van der Waals surface area contributed by atoms with Gasteiger partial charge in [0.2, 0.25) is 5.91 Å². The Labute approximate surface area is 156 Å². The summed E-state index contributed by atoms with van der Waals surface area (Å²) in [4.78, 5) is 12.9. The number of alkyl halides is 2. The third kappa shape index (κ3) is 5.14. The first kappa shape index (κ1) is 18.6. The largest absolute Gasteiger partial charge is 0.435 e. The highest BCUT2D eigenvalue weighted by Crippen LogP contribution is 2.25. The number of rotatable bonds is 7. The molecule has 1 N–H and O–H groups in total. The summed E-state index contributed by atoms with van der Waals surface area (Å²) < 4.78 is 28.7. The van der Waals surface area contributed by atoms with Crippen molar-refractivity contribution in [1.82, 2.24) is 5.32 Å². The molecule has 5 heteroatoms. The molecule has 27 heavy (non-hydrogen) atoms. The van der Waals surface area contributed by atoms with E-state index in [1.54, 1.807) is 12.1 Å². The van der Waals surface area contributed by atoms with Crippen LogP contribution in [0.4, 0.5) is 8.78 Å². The second kappa shape index (κ2) is 8.94. The lowest BCUT2D eigenvalue weighted by Gasteiger charge is -2.18. The van der Waals surface area contributed by atoms with Crippen LogP contribution in [-0.4, -0.2) is 12.5 Å². The summed E-state index contributed by atoms with van der Waals surface area (Å²) in [6.07, 6.45) is 0. The first-order chi connectivity index (χ1) is 13.1. The molecule has 3 aromatic rings. The van der Waals surface area contributed by atoms with Crippen LogP contribution in [0.3, 0.4) is 0 Å². The van der Waals surface area contributed by atoms with Crippen LogP contribution in [0.25, 0.3) is 0 Å². The molecule has 0 fully saturated rings. The Hall–Kier alpha value is -3.21. The van der Waals surface area contributed by atoms with E-state index in [-0.39, 0.29) is 11.7 Å². The maximum absolute atomic E-state index is 12.9. The van der Waals surface area contributed by atoms with Crippen molar-refractivity contribution in [3.63, 3.8) is 0 Å². The lowest BCUT2D eigenvalue weighted by Crippen LogP contribution is -2.29. The van der Waals surface area contributed by atoms with E-state index in [2.05, 4.69) is 10.1 Å². The molecule has 3 nitrogen and oxygen atoms in total. The lowest BCUT2D eigenvalue weighted by atomic mass is 9.90. The molecule has 0 unspecified atom stereocenters. The molecule has 3 rings (SSSR count). The summed E-state index contributed by atoms with van der Waals surface area (Å²) in [7, 11) is 0. The van der Waals surface area contributed by atoms with Crippen molar-refractivity contribution in [2.24, 2.45) is 0 Å². The highest BCUT2D eigenvalue weighted by molar-refractivity contribution is 5.87. The number of benzene rings is 3. The van der Waals surface area contributed by atoms with Gasteiger partial charge in [-0.05, 0) is 28.8 Å². The molecule has 0 spiro atoms. The molecule has 0 aliphatic rings. The van der Waals surface area contributed by atoms with Crippen LogP contribution in [0.2, 0.25) is 0 Å². The second-order valence-corrected chi connectivity index (χ2v) is 5.99. The Kier molecular flexibility index (Phi) is 6.15. The molecule has 0 saturated heterocycles. The van der Waals surface area contributed by atoms with E-state index < -0.39 is 12.5 Å². The fraction of sp³-hybridized carbons (Fsp3) is 0.136. The number of nitrogens with one attached hydrogen (secondary N) is 1. The van der Waals surface area contributed by atoms with Crippen LogP contribution in [0.5, 0.6) is 5.75 Å². The van der Waals surface area contributed by atoms with Gasteiger partial charge in [0, 0.05) is 6.54 Å². The second-order valence-electron chi connectivity index (χ2n) is 5.99. The number of carbonyl (C=O) groups is 1. The zero-order valence-corrected chi connectivity index (χ0v) is 14.5. The van der Waals surface area contributed by atoms with E-state index in [0.29, 0.717) is 6.54 Å². The third-order valence-electron chi connectivity index (χ3n) is 4.14. The van der Waals surface area contributed by atoms with Gasteiger partial charge in [-0.1, -0.05) is 72.8 Å². The number of ether oxygens (including phenoxy) is 1. The van der Waals surface area contributed by atoms with Gasteiger partial charge in [-0.2, -0.15) is 8.78 Å². The smallest absolute Gasteiger partial charge is 0.387 e. The van der Waals surface area contributed by atoms with Gasteiger partial charge in [-0.3, -0.25) is 4.79 Å². The lowest BCUT2D eigenvalue weighted by molar-refractivity contribution is -0.121. The van der Waals surface area contributed by atoms with Gasteiger partial charge in [0.15, 0.2) is 0 Å². The van der Waals surface area contributed by atoms with Crippen LogP contribution < -0.4 is 10.1 Å². The van der Waals surface area contributed by atoms with Crippen molar-refractivity contribution in [2.45, 2.75) is 19.1 Å². The van der Waals surface area contributed by atoms with Crippen LogP contribution in [0.15, 0.2) is 84.9 Å². The number of amides is 1. The zero-order valence-electron chi connectivity index (χ0n) is 14.5. The Morgan fingerprint density at radius 3 is 1.81 bits per heavy atom. The normalized spacial score (nSPS) is 10.8. The fourth-order valence-corrected chi connectivity index (χ4v) is 2.87. The van der Waals surface area contributed by atoms with Gasteiger partial charge in [-0.15, -0.1) is 0 Å². The van der Waals surface area contributed by atoms with Crippen LogP contribution >= 0.6 is 0 Å². The topological polar surface area (TPSA) is 38.3 Å². The molecule has 0 aromatic heterocycles. The van der Waals surface area contributed by atoms with E-state index in [4.69, 9.17) is 0 Å². The standard InChI is InChI=1S/C22H19F2NO2/c23-22(24)27-19-13-11-16(12-14-19)15-25-21(26)20(17-7-3-1-4-8-17)18-9-5-2-6-10-18/h1-14,20,22H,15H2,(H,25,26). The molecule has 0 bridgehead atoms. The summed E-state index contributed by atoms with van der Waals surface area (Å²) in [6.45, 7) is -2.56. The summed E-state index contributed by atoms with van der Waals surface area (Å²) in [5, 5.41) is 2.93. The summed E-state index contributed by atoms with van der Waals surface area (Å²) >= 11 is 0. The highest BCUT2D eigenvalue weighted by Gasteiger charge is 2.22. The van der Waals surface area contributed by atoms with Gasteiger partial charge in [-0.25, -0.2) is 0 Å². The minimum Gasteiger partial charge on any atom is -0.435 e. The van der Waals surface area contributed by atoms with Crippen LogP contribution in [0.1, 0.15) is 22.6 Å². The molecule has 1 amide bonds. The quantitative estimate of drug-likeness (QED) is 0.655. The van der Waals surface area contributed by atoms with Gasteiger partial charge < -0.3 is 10.1 Å². The van der Waals surface area contributed by atoms with Gasteiger partial charge >= 0.3 is 6.61 Å². The van der Waals surface area contributed by atoms with Crippen molar-refractivity contribution in [3.05, 3.63) is 102 Å². The summed E-state index contributed by atoms with van der Waals surface area (Å²) in [5.74, 6) is -0.458. The predicted octanol–water partition coefficient (Wildman–Crippen LogP) is 4.74. The van der Waals surface area contributed by atoms with Crippen molar-refractivity contribution < 1.29 is 18.3 Å². The zero-order chi connectivity index (χ0) is 19.1. The number of halogens is 2. The van der Waals surface area contributed by atoms with Crippen molar-refractivity contribution in [3.8, 4) is 5.75 Å². The first-order valence-electron chi connectivity index (χ1n) is 8.55. The number of carbonyl (C=O) groups excluding carboxylic acids is 1. The molecule has 0 aliphatic heterocycles. The Morgan fingerprint density at radius 2 is 1.33 bits per heavy atom. The Bertz CT molecular complexity index is 813. The minimum atomic E-state index is -2.85. The molecule has 3 aromatic carbocycles. The maximum Gasteiger partial charge on any atom is 0.387 e. The first-order valence-corrected chi connectivity index (χ1v) is 8.55. The minimum absolute atomic E-state index is 0.0894. The monoisotopic (exact) mass is 367 g/mol. The van der Waals surface area contributed by atoms with E-state index in [9.17, 15) is 13.6 Å². The summed E-state index contributed by atoms with van der Waals surface area (Å²) in [6, 6.07) is 25.3. The average Bonchev–Trinajstić information content (AvgIpc) is 2.69. The maximum atomic E-state index is 12.9. The van der Waals surface area contributed by atoms with E-state index >= 15 is 0 Å². The van der Waals surface area contributed by atoms with E-state index in [1.807, 2.05) is 60.7 Å². The summed E-state index contributed by atoms with van der Waals surface area (Å²) in [5.41, 5.74) is 2.61. The molecule has 138 valence electrons.